The molecule has 0 atom stereocenters. The predicted octanol–water partition coefficient (Wildman–Crippen LogP) is 17.0. The average molecular weight is 912 g/mol. The van der Waals surface area contributed by atoms with Crippen LogP contribution in [0.5, 0.6) is 0 Å². The van der Waals surface area contributed by atoms with Crippen molar-refractivity contribution < 1.29 is 4.42 Å². The molecule has 0 aliphatic rings. The van der Waals surface area contributed by atoms with Crippen molar-refractivity contribution in [2.45, 2.75) is 0 Å². The first kappa shape index (κ1) is 38.9. The number of benzene rings is 10. The Kier molecular flexibility index (Phi) is 8.43. The van der Waals surface area contributed by atoms with Gasteiger partial charge in [-0.2, -0.15) is 9.97 Å². The number of furan rings is 1. The van der Waals surface area contributed by atoms with Gasteiger partial charge in [0.05, 0.1) is 22.1 Å². The molecule has 6 nitrogen and oxygen atoms in total. The summed E-state index contributed by atoms with van der Waals surface area (Å²) < 4.78 is 13.9. The quantitative estimate of drug-likeness (QED) is 0.167. The Hall–Kier alpha value is -9.17. The van der Waals surface area contributed by atoms with Gasteiger partial charge in [-0.3, -0.25) is 4.57 Å². The minimum absolute atomic E-state index is 0.532. The topological polar surface area (TPSA) is 61.7 Å². The smallest absolute Gasteiger partial charge is 0.238 e. The van der Waals surface area contributed by atoms with E-state index in [9.17, 15) is 0 Å². The van der Waals surface area contributed by atoms with Gasteiger partial charge in [0.1, 0.15) is 11.2 Å². The number of thiophene rings is 1. The minimum atomic E-state index is 0.532. The van der Waals surface area contributed by atoms with Crippen LogP contribution in [0.25, 0.3) is 142 Å². The molecule has 0 bridgehead atoms. The largest absolute Gasteiger partial charge is 0.456 e. The normalized spacial score (nSPS) is 12.0. The highest BCUT2D eigenvalue weighted by atomic mass is 32.1. The molecule has 0 aliphatic heterocycles. The van der Waals surface area contributed by atoms with Crippen LogP contribution in [-0.4, -0.2) is 24.1 Å². The van der Waals surface area contributed by atoms with Gasteiger partial charge in [0.25, 0.3) is 0 Å². The summed E-state index contributed by atoms with van der Waals surface area (Å²) in [5.74, 6) is 1.67. The second-order valence-electron chi connectivity index (χ2n) is 17.9. The van der Waals surface area contributed by atoms with Gasteiger partial charge in [0.15, 0.2) is 11.6 Å². The molecule has 15 aromatic rings. The average Bonchev–Trinajstić information content (AvgIpc) is 4.19. The molecule has 326 valence electrons. The highest BCUT2D eigenvalue weighted by molar-refractivity contribution is 7.26. The van der Waals surface area contributed by atoms with E-state index < -0.39 is 0 Å². The Balaban J connectivity index is 0.980. The van der Waals surface area contributed by atoms with Crippen LogP contribution in [0.1, 0.15) is 0 Å². The van der Waals surface area contributed by atoms with Crippen LogP contribution in [0.3, 0.4) is 0 Å². The first-order valence-corrected chi connectivity index (χ1v) is 24.3. The Morgan fingerprint density at radius 2 is 0.957 bits per heavy atom. The fourth-order valence-electron chi connectivity index (χ4n) is 10.9. The summed E-state index contributed by atoms with van der Waals surface area (Å²) in [7, 11) is 0. The molecule has 0 radical (unpaired) electrons. The molecule has 15 rings (SSSR count). The highest BCUT2D eigenvalue weighted by Crippen LogP contribution is 2.45. The molecular formula is C63H37N5OS. The van der Waals surface area contributed by atoms with Crippen molar-refractivity contribution in [1.29, 1.82) is 0 Å². The number of nitrogens with zero attached hydrogens (tertiary/aromatic N) is 5. The molecule has 0 spiro atoms. The van der Waals surface area contributed by atoms with Gasteiger partial charge in [-0.05, 0) is 76.9 Å². The van der Waals surface area contributed by atoms with Crippen LogP contribution in [0, 0.1) is 0 Å². The molecule has 0 aliphatic carbocycles. The second-order valence-corrected chi connectivity index (χ2v) is 19.0. The van der Waals surface area contributed by atoms with Gasteiger partial charge in [-0.25, -0.2) is 4.98 Å². The summed E-state index contributed by atoms with van der Waals surface area (Å²) >= 11 is 1.84. The molecule has 7 heteroatoms. The standard InChI is InChI=1S/C63H37N5OS/c1-4-16-38(17-5-1)40-30-32-48-56(37-40)70-55-29-15-24-43(58(48)55)41-31-35-53-50(36-41)57-49(25-14-28-54(57)69-53)62-64-61(39-18-6-2-7-19-39)65-63(66-62)68-52-27-13-11-23-45(52)47-34-33-46-44-22-10-12-26-51(44)67(59(46)60(47)68)42-20-8-3-9-21-42/h1-37H. The molecule has 0 fully saturated rings. The van der Waals surface area contributed by atoms with Crippen molar-refractivity contribution in [2.24, 2.45) is 0 Å². The molecule has 70 heavy (non-hydrogen) atoms. The molecule has 0 unspecified atom stereocenters. The van der Waals surface area contributed by atoms with E-state index >= 15 is 0 Å². The zero-order valence-electron chi connectivity index (χ0n) is 37.4. The van der Waals surface area contributed by atoms with Crippen LogP contribution < -0.4 is 0 Å². The maximum absolute atomic E-state index is 6.69. The van der Waals surface area contributed by atoms with E-state index in [0.29, 0.717) is 17.6 Å². The van der Waals surface area contributed by atoms with Crippen LogP contribution in [-0.2, 0) is 0 Å². The fraction of sp³-hybridized carbons (Fsp3) is 0. The van der Waals surface area contributed by atoms with Crippen molar-refractivity contribution in [3.63, 3.8) is 0 Å². The number of rotatable bonds is 6. The summed E-state index contributed by atoms with van der Waals surface area (Å²) in [6.45, 7) is 0. The Morgan fingerprint density at radius 3 is 1.73 bits per heavy atom. The summed E-state index contributed by atoms with van der Waals surface area (Å²) in [5, 5.41) is 9.04. The van der Waals surface area contributed by atoms with Crippen molar-refractivity contribution in [3.8, 4) is 56.7 Å². The zero-order chi connectivity index (χ0) is 45.9. The van der Waals surface area contributed by atoms with E-state index in [2.05, 4.69) is 203 Å². The van der Waals surface area contributed by atoms with Crippen molar-refractivity contribution in [3.05, 3.63) is 224 Å². The van der Waals surface area contributed by atoms with Gasteiger partial charge in [-0.1, -0.05) is 170 Å². The van der Waals surface area contributed by atoms with Crippen LogP contribution in [0.4, 0.5) is 0 Å². The van der Waals surface area contributed by atoms with Crippen LogP contribution in [0.15, 0.2) is 229 Å². The van der Waals surface area contributed by atoms with Crippen molar-refractivity contribution >= 4 is 97.1 Å². The molecule has 5 aromatic heterocycles. The first-order chi connectivity index (χ1) is 34.7. The summed E-state index contributed by atoms with van der Waals surface area (Å²) in [5.41, 5.74) is 13.4. The zero-order valence-corrected chi connectivity index (χ0v) is 38.2. The number of para-hydroxylation sites is 3. The van der Waals surface area contributed by atoms with Gasteiger partial charge in [-0.15, -0.1) is 11.3 Å². The second kappa shape index (κ2) is 15.2. The molecule has 0 saturated carbocycles. The van der Waals surface area contributed by atoms with E-state index in [-0.39, 0.29) is 0 Å². The van der Waals surface area contributed by atoms with E-state index in [4.69, 9.17) is 19.4 Å². The predicted molar refractivity (Wildman–Crippen MR) is 290 cm³/mol. The lowest BCUT2D eigenvalue weighted by molar-refractivity contribution is 0.669. The van der Waals surface area contributed by atoms with Crippen LogP contribution >= 0.6 is 11.3 Å². The third-order valence-corrected chi connectivity index (χ3v) is 15.1. The first-order valence-electron chi connectivity index (χ1n) is 23.5. The van der Waals surface area contributed by atoms with E-state index in [1.807, 2.05) is 41.7 Å². The van der Waals surface area contributed by atoms with E-state index in [1.54, 1.807) is 0 Å². The van der Waals surface area contributed by atoms with E-state index in [0.717, 1.165) is 82.5 Å². The Morgan fingerprint density at radius 1 is 0.343 bits per heavy atom. The molecule has 0 saturated heterocycles. The maximum Gasteiger partial charge on any atom is 0.238 e. The highest BCUT2D eigenvalue weighted by Gasteiger charge is 2.25. The number of fused-ring (bicyclic) bond motifs is 13. The summed E-state index contributed by atoms with van der Waals surface area (Å²) in [6.07, 6.45) is 0. The lowest BCUT2D eigenvalue weighted by atomic mass is 9.96. The Labute approximate surface area is 404 Å². The lowest BCUT2D eigenvalue weighted by Crippen LogP contribution is -2.07. The SMILES string of the molecule is c1ccc(-c2ccc3c(c2)sc2cccc(-c4ccc5oc6cccc(-c7nc(-c8ccccc8)nc(-n8c9ccccc9c9ccc%10c%11ccccc%11n(-c%11ccccc%11)c%10c98)n7)c6c5c4)c23)cc1. The third kappa shape index (κ3) is 5.82. The van der Waals surface area contributed by atoms with Gasteiger partial charge >= 0.3 is 0 Å². The summed E-state index contributed by atoms with van der Waals surface area (Å²) in [6, 6.07) is 79.6. The fourth-order valence-corrected chi connectivity index (χ4v) is 12.1. The van der Waals surface area contributed by atoms with Gasteiger partial charge in [0, 0.05) is 69.3 Å². The minimum Gasteiger partial charge on any atom is -0.456 e. The Bertz CT molecular complexity index is 4590. The monoisotopic (exact) mass is 911 g/mol. The number of hydrogen-bond acceptors (Lipinski definition) is 5. The summed E-state index contributed by atoms with van der Waals surface area (Å²) in [4.78, 5) is 16.3. The lowest BCUT2D eigenvalue weighted by Gasteiger charge is -2.13. The molecule has 5 heterocycles. The number of hydrogen-bond donors (Lipinski definition) is 0. The van der Waals surface area contributed by atoms with Gasteiger partial charge < -0.3 is 8.98 Å². The third-order valence-electron chi connectivity index (χ3n) is 14.0. The maximum atomic E-state index is 6.69. The van der Waals surface area contributed by atoms with E-state index in [1.165, 1.54) is 42.2 Å². The van der Waals surface area contributed by atoms with Gasteiger partial charge in [0.2, 0.25) is 5.95 Å². The molecule has 0 amide bonds. The number of aromatic nitrogens is 5. The molecular weight excluding hydrogens is 875 g/mol. The molecule has 0 N–H and O–H groups in total. The van der Waals surface area contributed by atoms with Crippen molar-refractivity contribution in [2.75, 3.05) is 0 Å². The van der Waals surface area contributed by atoms with Crippen LogP contribution in [0.2, 0.25) is 0 Å². The molecule has 10 aromatic carbocycles. The van der Waals surface area contributed by atoms with Crippen molar-refractivity contribution in [1.82, 2.24) is 24.1 Å².